The maximum Gasteiger partial charge on any atom is 0.326 e. The molecule has 7 heteroatoms. The molecule has 1 heterocycles. The van der Waals surface area contributed by atoms with E-state index < -0.39 is 17.8 Å². The normalized spacial score (nSPS) is 22.8. The number of carboxylic acid groups (broad SMARTS) is 1. The molecule has 1 saturated heterocycles. The quantitative estimate of drug-likeness (QED) is 0.542. The molecule has 1 aliphatic heterocycles. The van der Waals surface area contributed by atoms with Gasteiger partial charge in [0.25, 0.3) is 0 Å². The summed E-state index contributed by atoms with van der Waals surface area (Å²) < 4.78 is 11.2. The van der Waals surface area contributed by atoms with E-state index in [2.05, 4.69) is 12.6 Å². The second kappa shape index (κ2) is 7.28. The van der Waals surface area contributed by atoms with Gasteiger partial charge in [-0.1, -0.05) is 6.92 Å². The van der Waals surface area contributed by atoms with Crippen molar-refractivity contribution >= 4 is 24.5 Å². The fourth-order valence-corrected chi connectivity index (χ4v) is 2.59. The monoisotopic (exact) mass is 305 g/mol. The number of carboxylic acids is 1. The zero-order chi connectivity index (χ0) is 15.3. The zero-order valence-corrected chi connectivity index (χ0v) is 13.1. The molecule has 0 saturated carbocycles. The van der Waals surface area contributed by atoms with Crippen LogP contribution in [0.5, 0.6) is 0 Å². The molecule has 1 rings (SSSR count). The number of carbonyl (C=O) groups excluding carboxylic acids is 1. The van der Waals surface area contributed by atoms with Crippen molar-refractivity contribution in [1.82, 2.24) is 4.90 Å². The maximum atomic E-state index is 12.3. The Kier molecular flexibility index (Phi) is 6.29. The van der Waals surface area contributed by atoms with E-state index in [1.165, 1.54) is 4.90 Å². The summed E-state index contributed by atoms with van der Waals surface area (Å²) in [7, 11) is 0. The van der Waals surface area contributed by atoms with Crippen LogP contribution in [-0.4, -0.2) is 59.2 Å². The van der Waals surface area contributed by atoms with Gasteiger partial charge in [0, 0.05) is 31.3 Å². The molecule has 0 spiro atoms. The number of likely N-dealkylation sites (tertiary alicyclic amines) is 1. The molecular formula is C13H23NO5S. The summed E-state index contributed by atoms with van der Waals surface area (Å²) in [6.07, 6.45) is 0.148. The third-order valence-electron chi connectivity index (χ3n) is 3.37. The lowest BCUT2D eigenvalue weighted by atomic mass is 10.1. The molecule has 0 aromatic carbocycles. The van der Waals surface area contributed by atoms with Crippen molar-refractivity contribution in [3.05, 3.63) is 0 Å². The zero-order valence-electron chi connectivity index (χ0n) is 12.2. The van der Waals surface area contributed by atoms with E-state index >= 15 is 0 Å². The summed E-state index contributed by atoms with van der Waals surface area (Å²) in [6.45, 7) is 6.31. The van der Waals surface area contributed by atoms with Gasteiger partial charge in [0.15, 0.2) is 5.79 Å². The molecule has 0 bridgehead atoms. The third-order valence-corrected chi connectivity index (χ3v) is 3.92. The van der Waals surface area contributed by atoms with E-state index in [4.69, 9.17) is 9.47 Å². The number of aliphatic carboxylic acids is 1. The van der Waals surface area contributed by atoms with Gasteiger partial charge in [-0.25, -0.2) is 4.79 Å². The van der Waals surface area contributed by atoms with Gasteiger partial charge in [0.1, 0.15) is 6.04 Å². The van der Waals surface area contributed by atoms with Gasteiger partial charge in [0.05, 0.1) is 6.54 Å². The first-order chi connectivity index (χ1) is 9.40. The second-order valence-electron chi connectivity index (χ2n) is 4.88. The second-order valence-corrected chi connectivity index (χ2v) is 5.25. The highest BCUT2D eigenvalue weighted by atomic mass is 32.1. The summed E-state index contributed by atoms with van der Waals surface area (Å²) in [5.74, 6) is -2.24. The number of thiol groups is 1. The summed E-state index contributed by atoms with van der Waals surface area (Å²) in [6, 6.07) is -0.914. The smallest absolute Gasteiger partial charge is 0.326 e. The Morgan fingerprint density at radius 2 is 1.95 bits per heavy atom. The van der Waals surface area contributed by atoms with E-state index in [0.29, 0.717) is 19.0 Å². The molecule has 0 aromatic heterocycles. The van der Waals surface area contributed by atoms with Crippen molar-refractivity contribution in [2.24, 2.45) is 5.92 Å². The molecule has 1 fully saturated rings. The lowest BCUT2D eigenvalue weighted by molar-refractivity contribution is -0.223. The first kappa shape index (κ1) is 17.3. The number of hydrogen-bond donors (Lipinski definition) is 2. The number of amides is 1. The van der Waals surface area contributed by atoms with Crippen LogP contribution in [0.15, 0.2) is 0 Å². The lowest BCUT2D eigenvalue weighted by Gasteiger charge is -2.29. The molecule has 6 nitrogen and oxygen atoms in total. The summed E-state index contributed by atoms with van der Waals surface area (Å²) in [5.41, 5.74) is 0. The Hall–Kier alpha value is -0.790. The van der Waals surface area contributed by atoms with Crippen molar-refractivity contribution < 1.29 is 24.2 Å². The predicted molar refractivity (Wildman–Crippen MR) is 76.8 cm³/mol. The summed E-state index contributed by atoms with van der Waals surface area (Å²) in [5, 5.41) is 9.33. The average Bonchev–Trinajstić information content (AvgIpc) is 2.78. The summed E-state index contributed by atoms with van der Waals surface area (Å²) in [4.78, 5) is 25.0. The Bertz CT molecular complexity index is 357. The molecule has 1 unspecified atom stereocenters. The van der Waals surface area contributed by atoms with Gasteiger partial charge in [-0.15, -0.1) is 0 Å². The molecule has 0 aliphatic carbocycles. The Morgan fingerprint density at radius 1 is 1.40 bits per heavy atom. The van der Waals surface area contributed by atoms with Crippen molar-refractivity contribution in [1.29, 1.82) is 0 Å². The van der Waals surface area contributed by atoms with E-state index in [0.717, 1.165) is 0 Å². The van der Waals surface area contributed by atoms with Crippen molar-refractivity contribution in [2.45, 2.75) is 39.0 Å². The minimum Gasteiger partial charge on any atom is -0.480 e. The van der Waals surface area contributed by atoms with Crippen molar-refractivity contribution in [2.75, 3.05) is 25.5 Å². The molecule has 20 heavy (non-hydrogen) atoms. The number of ether oxygens (including phenoxy) is 2. The summed E-state index contributed by atoms with van der Waals surface area (Å²) >= 11 is 4.10. The van der Waals surface area contributed by atoms with Crippen LogP contribution in [0, 0.1) is 5.92 Å². The highest BCUT2D eigenvalue weighted by molar-refractivity contribution is 7.80. The third kappa shape index (κ3) is 3.65. The van der Waals surface area contributed by atoms with Crippen LogP contribution in [0.4, 0.5) is 0 Å². The number of hydrogen-bond acceptors (Lipinski definition) is 5. The highest BCUT2D eigenvalue weighted by Crippen LogP contribution is 2.33. The number of nitrogens with zero attached hydrogens (tertiary/aromatic N) is 1. The van der Waals surface area contributed by atoms with Gasteiger partial charge in [0.2, 0.25) is 5.91 Å². The van der Waals surface area contributed by atoms with Crippen LogP contribution >= 0.6 is 12.6 Å². The Balaban J connectivity index is 2.98. The minimum absolute atomic E-state index is 0.141. The van der Waals surface area contributed by atoms with E-state index in [1.807, 2.05) is 13.8 Å². The van der Waals surface area contributed by atoms with Crippen molar-refractivity contribution in [3.63, 3.8) is 0 Å². The van der Waals surface area contributed by atoms with Crippen LogP contribution in [-0.2, 0) is 19.1 Å². The molecule has 0 aromatic rings. The number of carbonyl (C=O) groups is 2. The van der Waals surface area contributed by atoms with E-state index in [9.17, 15) is 14.7 Å². The Morgan fingerprint density at radius 3 is 2.35 bits per heavy atom. The van der Waals surface area contributed by atoms with E-state index in [1.54, 1.807) is 6.92 Å². The largest absolute Gasteiger partial charge is 0.480 e. The fraction of sp³-hybridized carbons (Fsp3) is 0.846. The molecule has 1 amide bonds. The van der Waals surface area contributed by atoms with Crippen LogP contribution in [0.25, 0.3) is 0 Å². The molecule has 1 aliphatic rings. The first-order valence-corrected chi connectivity index (χ1v) is 7.46. The van der Waals surface area contributed by atoms with Gasteiger partial charge in [-0.05, 0) is 13.8 Å². The van der Waals surface area contributed by atoms with Crippen molar-refractivity contribution in [3.8, 4) is 0 Å². The van der Waals surface area contributed by atoms with Gasteiger partial charge >= 0.3 is 5.97 Å². The number of rotatable bonds is 7. The van der Waals surface area contributed by atoms with Crippen LogP contribution in [0.2, 0.25) is 0 Å². The average molecular weight is 305 g/mol. The predicted octanol–water partition coefficient (Wildman–Crippen LogP) is 1.01. The van der Waals surface area contributed by atoms with Gasteiger partial charge in [-0.3, -0.25) is 4.79 Å². The topological polar surface area (TPSA) is 76.1 Å². The lowest BCUT2D eigenvalue weighted by Crippen LogP contribution is -2.45. The molecule has 0 radical (unpaired) electrons. The van der Waals surface area contributed by atoms with Gasteiger partial charge < -0.3 is 19.5 Å². The van der Waals surface area contributed by atoms with Crippen LogP contribution in [0.1, 0.15) is 27.2 Å². The minimum atomic E-state index is -1.04. The fourth-order valence-electron chi connectivity index (χ4n) is 2.43. The standard InChI is InChI=1S/C13H23NO5S/c1-4-18-13(19-5-2)6-10(12(16)17)14(8-13)11(15)9(3)7-20/h9-10,20H,4-8H2,1-3H3,(H,16,17)/t9?,10-/m0/s1. The molecule has 2 atom stereocenters. The van der Waals surface area contributed by atoms with Crippen LogP contribution in [0.3, 0.4) is 0 Å². The Labute approximate surface area is 124 Å². The molecular weight excluding hydrogens is 282 g/mol. The highest BCUT2D eigenvalue weighted by Gasteiger charge is 2.51. The SMILES string of the molecule is CCOC1(OCC)C[C@@H](C(=O)O)N(C(=O)C(C)CS)C1. The molecule has 1 N–H and O–H groups in total. The molecule has 116 valence electrons. The maximum absolute atomic E-state index is 12.3. The van der Waals surface area contributed by atoms with Crippen LogP contribution < -0.4 is 0 Å². The van der Waals surface area contributed by atoms with E-state index in [-0.39, 0.29) is 24.8 Å². The van der Waals surface area contributed by atoms with Gasteiger partial charge in [-0.2, -0.15) is 12.6 Å². The first-order valence-electron chi connectivity index (χ1n) is 6.82.